The van der Waals surface area contributed by atoms with Crippen molar-refractivity contribution in [2.24, 2.45) is 11.5 Å². The van der Waals surface area contributed by atoms with Crippen molar-refractivity contribution in [2.45, 2.75) is 25.9 Å². The average Bonchev–Trinajstić information content (AvgIpc) is 2.14. The van der Waals surface area contributed by atoms with Crippen molar-refractivity contribution in [1.82, 2.24) is 4.90 Å². The maximum absolute atomic E-state index is 9.44. The molecule has 4 nitrogen and oxygen atoms in total. The fraction of sp³-hybridized carbons (Fsp3) is 0.600. The van der Waals surface area contributed by atoms with E-state index in [2.05, 4.69) is 0 Å². The van der Waals surface area contributed by atoms with Crippen molar-refractivity contribution in [3.8, 4) is 0 Å². The van der Waals surface area contributed by atoms with Gasteiger partial charge in [-0.25, -0.2) is 0 Å². The van der Waals surface area contributed by atoms with E-state index in [9.17, 15) is 5.11 Å². The molecule has 80 valence electrons. The topological polar surface area (TPSA) is 75.5 Å². The Balaban J connectivity index is 2.55. The minimum Gasteiger partial charge on any atom is -0.402 e. The monoisotopic (exact) mass is 197 g/mol. The lowest BCUT2D eigenvalue weighted by Gasteiger charge is -2.31. The van der Waals surface area contributed by atoms with E-state index in [0.717, 1.165) is 25.1 Å². The van der Waals surface area contributed by atoms with Gasteiger partial charge in [0.1, 0.15) is 0 Å². The van der Waals surface area contributed by atoms with E-state index in [0.29, 0.717) is 12.4 Å². The molecule has 1 atom stereocenters. The average molecular weight is 197 g/mol. The Hall–Kier alpha value is -1.16. The van der Waals surface area contributed by atoms with Gasteiger partial charge in [-0.1, -0.05) is 0 Å². The zero-order valence-corrected chi connectivity index (χ0v) is 8.61. The van der Waals surface area contributed by atoms with Crippen LogP contribution in [0.15, 0.2) is 23.7 Å². The van der Waals surface area contributed by atoms with Crippen molar-refractivity contribution in [3.63, 3.8) is 0 Å². The smallest absolute Gasteiger partial charge is 0.0987 e. The Morgan fingerprint density at radius 3 is 2.71 bits per heavy atom. The van der Waals surface area contributed by atoms with Crippen LogP contribution in [0.25, 0.3) is 0 Å². The second kappa shape index (κ2) is 4.91. The number of β-amino-alcohol motifs (C(OH)–C–C–N with tert-alkyl or cyclic N) is 1. The molecule has 5 N–H and O–H groups in total. The van der Waals surface area contributed by atoms with Crippen LogP contribution < -0.4 is 11.5 Å². The number of likely N-dealkylation sites (tertiary alicyclic amines) is 1. The highest BCUT2D eigenvalue weighted by molar-refractivity contribution is 5.12. The quantitative estimate of drug-likeness (QED) is 0.549. The van der Waals surface area contributed by atoms with Gasteiger partial charge in [0.05, 0.1) is 11.9 Å². The number of allylic oxidation sites excluding steroid dienone is 3. The number of nitrogens with zero attached hydrogens (tertiary/aromatic N) is 1. The molecule has 4 heteroatoms. The maximum Gasteiger partial charge on any atom is 0.0987 e. The first-order valence-corrected chi connectivity index (χ1v) is 4.92. The molecule has 1 heterocycles. The lowest BCUT2D eigenvalue weighted by Crippen LogP contribution is -2.39. The SMILES string of the molecule is C/C(N)=C/C=C(\N)N1CCCC(O)C1. The molecule has 0 bridgehead atoms. The maximum atomic E-state index is 9.44. The van der Waals surface area contributed by atoms with Crippen molar-refractivity contribution >= 4 is 0 Å². The van der Waals surface area contributed by atoms with Crippen molar-refractivity contribution < 1.29 is 5.11 Å². The van der Waals surface area contributed by atoms with E-state index in [1.54, 1.807) is 12.2 Å². The van der Waals surface area contributed by atoms with Gasteiger partial charge < -0.3 is 21.5 Å². The van der Waals surface area contributed by atoms with Gasteiger partial charge in [0.25, 0.3) is 0 Å². The van der Waals surface area contributed by atoms with Gasteiger partial charge in [0, 0.05) is 18.8 Å². The molecule has 14 heavy (non-hydrogen) atoms. The van der Waals surface area contributed by atoms with Crippen LogP contribution in [-0.2, 0) is 0 Å². The molecule has 0 aliphatic carbocycles. The molecule has 0 amide bonds. The standard InChI is InChI=1S/C10H19N3O/c1-8(11)4-5-10(12)13-6-2-3-9(14)7-13/h4-5,9,14H,2-3,6-7,11-12H2,1H3/b8-4-,10-5+. The summed E-state index contributed by atoms with van der Waals surface area (Å²) < 4.78 is 0. The van der Waals surface area contributed by atoms with Crippen LogP contribution in [0.4, 0.5) is 0 Å². The van der Waals surface area contributed by atoms with Crippen molar-refractivity contribution in [3.05, 3.63) is 23.7 Å². The van der Waals surface area contributed by atoms with E-state index in [1.807, 2.05) is 11.8 Å². The van der Waals surface area contributed by atoms with E-state index in [1.165, 1.54) is 0 Å². The normalized spacial score (nSPS) is 25.3. The van der Waals surface area contributed by atoms with Crippen molar-refractivity contribution in [1.29, 1.82) is 0 Å². The molecule has 0 saturated carbocycles. The van der Waals surface area contributed by atoms with Crippen LogP contribution >= 0.6 is 0 Å². The summed E-state index contributed by atoms with van der Waals surface area (Å²) in [6.45, 7) is 3.35. The summed E-state index contributed by atoms with van der Waals surface area (Å²) in [5.74, 6) is 0.675. The van der Waals surface area contributed by atoms with E-state index >= 15 is 0 Å². The Kier molecular flexibility index (Phi) is 3.83. The first kappa shape index (κ1) is 10.9. The van der Waals surface area contributed by atoms with Crippen LogP contribution in [-0.4, -0.2) is 29.2 Å². The molecule has 1 fully saturated rings. The van der Waals surface area contributed by atoms with E-state index < -0.39 is 0 Å². The fourth-order valence-corrected chi connectivity index (χ4v) is 1.51. The molecule has 1 aliphatic heterocycles. The number of aliphatic hydroxyl groups is 1. The number of nitrogens with two attached hydrogens (primary N) is 2. The predicted octanol–water partition coefficient (Wildman–Crippen LogP) is 0.106. The van der Waals surface area contributed by atoms with Crippen molar-refractivity contribution in [2.75, 3.05) is 13.1 Å². The molecule has 0 aromatic carbocycles. The van der Waals surface area contributed by atoms with Crippen LogP contribution in [0, 0.1) is 0 Å². The number of aliphatic hydroxyl groups excluding tert-OH is 1. The zero-order valence-electron chi connectivity index (χ0n) is 8.61. The molecular formula is C10H19N3O. The van der Waals surface area contributed by atoms with Crippen LogP contribution in [0.3, 0.4) is 0 Å². The summed E-state index contributed by atoms with van der Waals surface area (Å²) in [5, 5.41) is 9.44. The third kappa shape index (κ3) is 3.30. The van der Waals surface area contributed by atoms with Gasteiger partial charge >= 0.3 is 0 Å². The highest BCUT2D eigenvalue weighted by atomic mass is 16.3. The van der Waals surface area contributed by atoms with E-state index in [4.69, 9.17) is 11.5 Å². The largest absolute Gasteiger partial charge is 0.402 e. The van der Waals surface area contributed by atoms with Gasteiger partial charge in [-0.15, -0.1) is 0 Å². The third-order valence-electron chi connectivity index (χ3n) is 2.28. The Labute approximate surface area is 84.9 Å². The summed E-state index contributed by atoms with van der Waals surface area (Å²) in [5.41, 5.74) is 12.1. The number of rotatable bonds is 2. The number of hydrogen-bond donors (Lipinski definition) is 3. The molecule has 0 radical (unpaired) electrons. The van der Waals surface area contributed by atoms with Gasteiger partial charge in [0.2, 0.25) is 0 Å². The number of hydrogen-bond acceptors (Lipinski definition) is 4. The first-order chi connectivity index (χ1) is 6.59. The minimum absolute atomic E-state index is 0.251. The molecule has 1 unspecified atom stereocenters. The summed E-state index contributed by atoms with van der Waals surface area (Å²) >= 11 is 0. The molecule has 1 saturated heterocycles. The predicted molar refractivity (Wildman–Crippen MR) is 57.0 cm³/mol. The molecular weight excluding hydrogens is 178 g/mol. The lowest BCUT2D eigenvalue weighted by molar-refractivity contribution is 0.0873. The Morgan fingerprint density at radius 2 is 2.14 bits per heavy atom. The molecule has 0 aromatic rings. The minimum atomic E-state index is -0.251. The highest BCUT2D eigenvalue weighted by Gasteiger charge is 2.17. The van der Waals surface area contributed by atoms with Crippen LogP contribution in [0.5, 0.6) is 0 Å². The first-order valence-electron chi connectivity index (χ1n) is 4.92. The summed E-state index contributed by atoms with van der Waals surface area (Å²) in [7, 11) is 0. The van der Waals surface area contributed by atoms with Gasteiger partial charge in [-0.3, -0.25) is 0 Å². The zero-order chi connectivity index (χ0) is 10.6. The van der Waals surface area contributed by atoms with Gasteiger partial charge in [0.15, 0.2) is 0 Å². The van der Waals surface area contributed by atoms with Gasteiger partial charge in [-0.2, -0.15) is 0 Å². The molecule has 1 aliphatic rings. The lowest BCUT2D eigenvalue weighted by atomic mass is 10.1. The second-order valence-electron chi connectivity index (χ2n) is 3.74. The Morgan fingerprint density at radius 1 is 1.43 bits per heavy atom. The fourth-order valence-electron chi connectivity index (χ4n) is 1.51. The van der Waals surface area contributed by atoms with Crippen LogP contribution in [0.2, 0.25) is 0 Å². The molecule has 0 spiro atoms. The number of piperidine rings is 1. The highest BCUT2D eigenvalue weighted by Crippen LogP contribution is 2.12. The summed E-state index contributed by atoms with van der Waals surface area (Å²) in [4.78, 5) is 1.98. The van der Waals surface area contributed by atoms with E-state index in [-0.39, 0.29) is 6.10 Å². The van der Waals surface area contributed by atoms with Gasteiger partial charge in [-0.05, 0) is 31.9 Å². The summed E-state index contributed by atoms with van der Waals surface area (Å²) in [6, 6.07) is 0. The molecule has 1 rings (SSSR count). The third-order valence-corrected chi connectivity index (χ3v) is 2.28. The second-order valence-corrected chi connectivity index (χ2v) is 3.74. The molecule has 0 aromatic heterocycles. The Bertz CT molecular complexity index is 244. The summed E-state index contributed by atoms with van der Waals surface area (Å²) in [6.07, 6.45) is 5.17. The van der Waals surface area contributed by atoms with Crippen LogP contribution in [0.1, 0.15) is 19.8 Å².